The van der Waals surface area contributed by atoms with Crippen molar-refractivity contribution in [3.05, 3.63) is 34.3 Å². The van der Waals surface area contributed by atoms with Crippen LogP contribution in [-0.2, 0) is 11.3 Å². The molecule has 100 valence electrons. The van der Waals surface area contributed by atoms with Crippen LogP contribution in [0.25, 0.3) is 0 Å². The minimum absolute atomic E-state index is 0.0347. The van der Waals surface area contributed by atoms with Gasteiger partial charge in [0.05, 0.1) is 6.07 Å². The van der Waals surface area contributed by atoms with E-state index in [0.717, 1.165) is 22.9 Å². The lowest BCUT2D eigenvalue weighted by Gasteiger charge is -2.26. The number of hydrogen-bond donors (Lipinski definition) is 0. The van der Waals surface area contributed by atoms with E-state index in [0.29, 0.717) is 19.4 Å². The minimum atomic E-state index is -0.777. The molecule has 1 saturated carbocycles. The highest BCUT2D eigenvalue weighted by Crippen LogP contribution is 2.39. The number of carbonyl (C=O) groups is 1. The van der Waals surface area contributed by atoms with Crippen LogP contribution in [0.3, 0.4) is 0 Å². The molecule has 0 unspecified atom stereocenters. The molecule has 1 fully saturated rings. The third-order valence-corrected chi connectivity index (χ3v) is 4.23. The first-order chi connectivity index (χ1) is 9.07. The minimum Gasteiger partial charge on any atom is -0.340 e. The topological polar surface area (TPSA) is 44.1 Å². The van der Waals surface area contributed by atoms with Gasteiger partial charge in [-0.05, 0) is 30.5 Å². The Kier molecular flexibility index (Phi) is 4.26. The van der Waals surface area contributed by atoms with Gasteiger partial charge < -0.3 is 4.90 Å². The van der Waals surface area contributed by atoms with Crippen LogP contribution in [0.15, 0.2) is 28.7 Å². The van der Waals surface area contributed by atoms with Crippen molar-refractivity contribution < 1.29 is 4.79 Å². The average molecular weight is 321 g/mol. The zero-order valence-electron chi connectivity index (χ0n) is 11.0. The van der Waals surface area contributed by atoms with Gasteiger partial charge in [0.15, 0.2) is 0 Å². The number of hydrogen-bond acceptors (Lipinski definition) is 2. The second kappa shape index (κ2) is 5.75. The average Bonchev–Trinajstić information content (AvgIpc) is 2.87. The second-order valence-electron chi connectivity index (χ2n) is 5.19. The number of nitrogens with zero attached hydrogens (tertiary/aromatic N) is 2. The van der Waals surface area contributed by atoms with Crippen molar-refractivity contribution in [1.82, 2.24) is 4.90 Å². The summed E-state index contributed by atoms with van der Waals surface area (Å²) in [6.07, 6.45) is 3.35. The largest absolute Gasteiger partial charge is 0.340 e. The molecule has 0 spiro atoms. The molecule has 0 atom stereocenters. The van der Waals surface area contributed by atoms with Crippen LogP contribution >= 0.6 is 15.9 Å². The van der Waals surface area contributed by atoms with E-state index in [2.05, 4.69) is 22.0 Å². The summed E-state index contributed by atoms with van der Waals surface area (Å²) < 4.78 is 1.00. The molecular weight excluding hydrogens is 304 g/mol. The molecule has 0 aromatic heterocycles. The maximum absolute atomic E-state index is 12.5. The highest BCUT2D eigenvalue weighted by atomic mass is 79.9. The number of rotatable bonds is 3. The molecular formula is C15H17BrN2O. The molecule has 0 heterocycles. The SMILES string of the molecule is CN(Cc1cccc(Br)c1)C(=O)C1(C#N)CCCC1. The van der Waals surface area contributed by atoms with Gasteiger partial charge in [-0.3, -0.25) is 4.79 Å². The number of halogens is 1. The fourth-order valence-electron chi connectivity index (χ4n) is 2.70. The second-order valence-corrected chi connectivity index (χ2v) is 6.11. The quantitative estimate of drug-likeness (QED) is 0.855. The molecule has 19 heavy (non-hydrogen) atoms. The molecule has 2 rings (SSSR count). The standard InChI is InChI=1S/C15H17BrN2O/c1-18(10-12-5-4-6-13(16)9-12)14(19)15(11-17)7-2-3-8-15/h4-6,9H,2-3,7-8,10H2,1H3. The van der Waals surface area contributed by atoms with Crippen molar-refractivity contribution in [1.29, 1.82) is 5.26 Å². The van der Waals surface area contributed by atoms with Gasteiger partial charge >= 0.3 is 0 Å². The van der Waals surface area contributed by atoms with Crippen molar-refractivity contribution >= 4 is 21.8 Å². The fourth-order valence-corrected chi connectivity index (χ4v) is 3.15. The Morgan fingerprint density at radius 3 is 2.74 bits per heavy atom. The molecule has 1 aliphatic rings. The van der Waals surface area contributed by atoms with Gasteiger partial charge in [0.25, 0.3) is 0 Å². The molecule has 3 nitrogen and oxygen atoms in total. The molecule has 1 aromatic rings. The Bertz CT molecular complexity index is 515. The number of benzene rings is 1. The lowest BCUT2D eigenvalue weighted by atomic mass is 9.86. The summed E-state index contributed by atoms with van der Waals surface area (Å²) in [5.74, 6) is -0.0347. The normalized spacial score (nSPS) is 16.9. The Labute approximate surface area is 122 Å². The Morgan fingerprint density at radius 1 is 1.47 bits per heavy atom. The molecule has 4 heteroatoms. The maximum Gasteiger partial charge on any atom is 0.243 e. The third kappa shape index (κ3) is 2.98. The van der Waals surface area contributed by atoms with E-state index in [4.69, 9.17) is 0 Å². The van der Waals surface area contributed by atoms with Gasteiger partial charge in [-0.15, -0.1) is 0 Å². The summed E-state index contributed by atoms with van der Waals surface area (Å²) >= 11 is 3.42. The van der Waals surface area contributed by atoms with E-state index in [1.54, 1.807) is 11.9 Å². The van der Waals surface area contributed by atoms with E-state index < -0.39 is 5.41 Å². The lowest BCUT2D eigenvalue weighted by Crippen LogP contribution is -2.39. The summed E-state index contributed by atoms with van der Waals surface area (Å²) in [6, 6.07) is 10.1. The fraction of sp³-hybridized carbons (Fsp3) is 0.467. The Morgan fingerprint density at radius 2 is 2.16 bits per heavy atom. The highest BCUT2D eigenvalue weighted by Gasteiger charge is 2.43. The number of amides is 1. The van der Waals surface area contributed by atoms with Crippen molar-refractivity contribution in [2.75, 3.05) is 7.05 Å². The van der Waals surface area contributed by atoms with Crippen molar-refractivity contribution in [3.63, 3.8) is 0 Å². The van der Waals surface area contributed by atoms with Crippen LogP contribution in [-0.4, -0.2) is 17.9 Å². The van der Waals surface area contributed by atoms with Crippen LogP contribution in [0.2, 0.25) is 0 Å². The monoisotopic (exact) mass is 320 g/mol. The van der Waals surface area contributed by atoms with E-state index in [1.165, 1.54) is 0 Å². The van der Waals surface area contributed by atoms with Gasteiger partial charge in [-0.25, -0.2) is 0 Å². The van der Waals surface area contributed by atoms with Crippen LogP contribution in [0.1, 0.15) is 31.2 Å². The van der Waals surface area contributed by atoms with E-state index in [9.17, 15) is 10.1 Å². The van der Waals surface area contributed by atoms with Gasteiger partial charge in [0, 0.05) is 18.1 Å². The molecule has 0 radical (unpaired) electrons. The third-order valence-electron chi connectivity index (χ3n) is 3.74. The zero-order valence-corrected chi connectivity index (χ0v) is 12.6. The Hall–Kier alpha value is -1.34. The first kappa shape index (κ1) is 14.1. The molecule has 1 aliphatic carbocycles. The number of nitriles is 1. The summed E-state index contributed by atoms with van der Waals surface area (Å²) in [5, 5.41) is 9.34. The van der Waals surface area contributed by atoms with E-state index in [-0.39, 0.29) is 5.91 Å². The van der Waals surface area contributed by atoms with Crippen molar-refractivity contribution in [3.8, 4) is 6.07 Å². The summed E-state index contributed by atoms with van der Waals surface area (Å²) in [5.41, 5.74) is 0.289. The highest BCUT2D eigenvalue weighted by molar-refractivity contribution is 9.10. The molecule has 0 saturated heterocycles. The molecule has 1 aromatic carbocycles. The molecule has 0 N–H and O–H groups in total. The van der Waals surface area contributed by atoms with Crippen LogP contribution in [0, 0.1) is 16.7 Å². The smallest absolute Gasteiger partial charge is 0.243 e. The van der Waals surface area contributed by atoms with Crippen molar-refractivity contribution in [2.24, 2.45) is 5.41 Å². The summed E-state index contributed by atoms with van der Waals surface area (Å²) in [7, 11) is 1.78. The molecule has 0 bridgehead atoms. The van der Waals surface area contributed by atoms with E-state index in [1.807, 2.05) is 24.3 Å². The van der Waals surface area contributed by atoms with E-state index >= 15 is 0 Å². The van der Waals surface area contributed by atoms with Gasteiger partial charge in [0.2, 0.25) is 5.91 Å². The zero-order chi connectivity index (χ0) is 13.9. The Balaban J connectivity index is 2.10. The lowest BCUT2D eigenvalue weighted by molar-refractivity contribution is -0.138. The first-order valence-corrected chi connectivity index (χ1v) is 7.28. The van der Waals surface area contributed by atoms with Gasteiger partial charge in [0.1, 0.15) is 5.41 Å². The molecule has 1 amide bonds. The van der Waals surface area contributed by atoms with Crippen LogP contribution in [0.5, 0.6) is 0 Å². The summed E-state index contributed by atoms with van der Waals surface area (Å²) in [6.45, 7) is 0.543. The maximum atomic E-state index is 12.5. The first-order valence-electron chi connectivity index (χ1n) is 6.49. The predicted molar refractivity (Wildman–Crippen MR) is 77.1 cm³/mol. The van der Waals surface area contributed by atoms with Crippen molar-refractivity contribution in [2.45, 2.75) is 32.2 Å². The summed E-state index contributed by atoms with van der Waals surface area (Å²) in [4.78, 5) is 14.2. The van der Waals surface area contributed by atoms with Gasteiger partial charge in [-0.1, -0.05) is 40.9 Å². The van der Waals surface area contributed by atoms with Crippen LogP contribution < -0.4 is 0 Å². The van der Waals surface area contributed by atoms with Crippen LogP contribution in [0.4, 0.5) is 0 Å². The molecule has 0 aliphatic heterocycles. The number of carbonyl (C=O) groups excluding carboxylic acids is 1. The van der Waals surface area contributed by atoms with Gasteiger partial charge in [-0.2, -0.15) is 5.26 Å². The predicted octanol–water partition coefficient (Wildman–Crippen LogP) is 3.49.